The monoisotopic (exact) mass is 1150 g/mol. The summed E-state index contributed by atoms with van der Waals surface area (Å²) in [5.41, 5.74) is 15.7. The van der Waals surface area contributed by atoms with E-state index in [0.717, 1.165) is 70.4 Å². The van der Waals surface area contributed by atoms with E-state index in [1.165, 1.54) is 66.8 Å². The molecular formula is C76H108O4P2. The lowest BCUT2D eigenvalue weighted by Crippen LogP contribution is -2.24. The van der Waals surface area contributed by atoms with E-state index in [-0.39, 0.29) is 43.3 Å². The fourth-order valence-electron chi connectivity index (χ4n) is 11.8. The van der Waals surface area contributed by atoms with Crippen molar-refractivity contribution < 1.29 is 18.1 Å². The van der Waals surface area contributed by atoms with Gasteiger partial charge in [0.25, 0.3) is 0 Å². The van der Waals surface area contributed by atoms with Gasteiger partial charge < -0.3 is 18.1 Å². The van der Waals surface area contributed by atoms with Gasteiger partial charge in [0.1, 0.15) is 23.0 Å². The number of hydrogen-bond donors (Lipinski definition) is 0. The van der Waals surface area contributed by atoms with Crippen LogP contribution in [0.15, 0.2) is 97.1 Å². The molecule has 0 saturated carbocycles. The highest BCUT2D eigenvalue weighted by Gasteiger charge is 2.38. The third-order valence-corrected chi connectivity index (χ3v) is 18.8. The summed E-state index contributed by atoms with van der Waals surface area (Å²) in [5.74, 6) is 3.79. The van der Waals surface area contributed by atoms with Gasteiger partial charge in [-0.3, -0.25) is 0 Å². The maximum absolute atomic E-state index is 7.72. The van der Waals surface area contributed by atoms with Crippen molar-refractivity contribution in [3.8, 4) is 34.1 Å². The second kappa shape index (κ2) is 24.4. The third-order valence-electron chi connectivity index (χ3n) is 15.9. The molecule has 0 bridgehead atoms. The van der Waals surface area contributed by atoms with E-state index in [1.54, 1.807) is 0 Å². The fourth-order valence-corrected chi connectivity index (χ4v) is 14.5. The van der Waals surface area contributed by atoms with Gasteiger partial charge in [-0.1, -0.05) is 267 Å². The molecule has 6 rings (SSSR count). The molecule has 0 saturated heterocycles. The molecule has 0 radical (unpaired) electrons. The van der Waals surface area contributed by atoms with Crippen LogP contribution in [0.1, 0.15) is 261 Å². The molecule has 0 N–H and O–H groups in total. The zero-order valence-electron chi connectivity index (χ0n) is 56.6. The van der Waals surface area contributed by atoms with Gasteiger partial charge in [0, 0.05) is 44.5 Å². The summed E-state index contributed by atoms with van der Waals surface area (Å²) >= 11 is 0. The smallest absolute Gasteiger partial charge is 0.326 e. The number of aryl methyl sites for hydroxylation is 4. The molecule has 0 unspecified atom stereocenters. The highest BCUT2D eigenvalue weighted by molar-refractivity contribution is 7.57. The summed E-state index contributed by atoms with van der Waals surface area (Å²) in [7, 11) is -3.45. The quantitative estimate of drug-likeness (QED) is 0.0961. The summed E-state index contributed by atoms with van der Waals surface area (Å²) in [6.45, 7) is 64.4. The Labute approximate surface area is 503 Å². The largest absolute Gasteiger partial charge is 0.435 e. The van der Waals surface area contributed by atoms with Crippen LogP contribution in [0.3, 0.4) is 0 Å². The van der Waals surface area contributed by atoms with Crippen LogP contribution >= 0.6 is 16.8 Å². The minimum Gasteiger partial charge on any atom is -0.435 e. The molecule has 0 amide bonds. The van der Waals surface area contributed by atoms with Crippen molar-refractivity contribution in [3.05, 3.63) is 164 Å². The van der Waals surface area contributed by atoms with Crippen LogP contribution in [0.25, 0.3) is 11.1 Å². The maximum Gasteiger partial charge on any atom is 0.326 e. The third kappa shape index (κ3) is 14.9. The van der Waals surface area contributed by atoms with E-state index < -0.39 is 16.8 Å². The number of hydrogen-bond acceptors (Lipinski definition) is 4. The summed E-state index contributed by atoms with van der Waals surface area (Å²) in [5, 5.41) is 2.03. The van der Waals surface area contributed by atoms with Gasteiger partial charge >= 0.3 is 16.8 Å². The van der Waals surface area contributed by atoms with Crippen molar-refractivity contribution in [2.75, 3.05) is 0 Å². The predicted octanol–water partition coefficient (Wildman–Crippen LogP) is 22.2. The van der Waals surface area contributed by atoms with Gasteiger partial charge in [0.15, 0.2) is 0 Å². The van der Waals surface area contributed by atoms with E-state index in [2.05, 4.69) is 291 Å². The fraction of sp³-hybridized carbons (Fsp3) is 0.526. The average molecular weight is 1150 g/mol. The zero-order chi connectivity index (χ0) is 61.7. The highest BCUT2D eigenvalue weighted by atomic mass is 31.2. The van der Waals surface area contributed by atoms with E-state index in [1.807, 2.05) is 0 Å². The van der Waals surface area contributed by atoms with Crippen molar-refractivity contribution in [2.45, 2.75) is 263 Å². The Balaban J connectivity index is 1.58. The van der Waals surface area contributed by atoms with Gasteiger partial charge in [-0.25, -0.2) is 0 Å². The summed E-state index contributed by atoms with van der Waals surface area (Å²) in [6.07, 6.45) is 3.63. The van der Waals surface area contributed by atoms with Crippen LogP contribution in [-0.2, 0) is 69.0 Å². The molecule has 0 heterocycles. The molecule has 6 heteroatoms. The van der Waals surface area contributed by atoms with Gasteiger partial charge in [0.2, 0.25) is 0 Å². The number of benzene rings is 6. The molecule has 82 heavy (non-hydrogen) atoms. The van der Waals surface area contributed by atoms with Crippen molar-refractivity contribution in [3.63, 3.8) is 0 Å². The highest BCUT2D eigenvalue weighted by Crippen LogP contribution is 2.55. The molecule has 0 aliphatic rings. The van der Waals surface area contributed by atoms with Crippen LogP contribution in [-0.4, -0.2) is 0 Å². The molecule has 0 aromatic heterocycles. The zero-order valence-corrected chi connectivity index (χ0v) is 58.4. The van der Waals surface area contributed by atoms with Crippen molar-refractivity contribution >= 4 is 27.4 Å². The van der Waals surface area contributed by atoms with E-state index in [4.69, 9.17) is 18.1 Å². The lowest BCUT2D eigenvalue weighted by molar-refractivity contribution is 0.440. The van der Waals surface area contributed by atoms with Crippen LogP contribution in [0, 0.1) is 0 Å². The van der Waals surface area contributed by atoms with Crippen LogP contribution in [0.4, 0.5) is 0 Å². The molecule has 0 fully saturated rings. The molecule has 446 valence electrons. The summed E-state index contributed by atoms with van der Waals surface area (Å²) in [4.78, 5) is 0. The Bertz CT molecular complexity index is 2790. The SMILES string of the molecule is CCc1ccc(C(C)(C)C)c(OP(Oc2c(C(C)(C)C)ccc(CC)c2C(C)(C)C)c2ccc(-c3ccc(P(Oc4c(C(C)(C)C)ccc(CC)c4C(C)(C)C)Oc4c(C(C)(C)C)ccc(CC)c4C(C)(C)C)cc3)cc2)c1C(C)(C)C. The summed E-state index contributed by atoms with van der Waals surface area (Å²) < 4.78 is 30.9. The second-order valence-electron chi connectivity index (χ2n) is 31.3. The topological polar surface area (TPSA) is 36.9 Å². The lowest BCUT2D eigenvalue weighted by Gasteiger charge is -2.35. The van der Waals surface area contributed by atoms with E-state index in [9.17, 15) is 0 Å². The van der Waals surface area contributed by atoms with Gasteiger partial charge in [-0.05, 0) is 127 Å². The minimum absolute atomic E-state index is 0.183. The van der Waals surface area contributed by atoms with Crippen molar-refractivity contribution in [1.82, 2.24) is 0 Å². The molecule has 4 nitrogen and oxygen atoms in total. The Hall–Kier alpha value is -4.62. The van der Waals surface area contributed by atoms with E-state index >= 15 is 0 Å². The molecule has 6 aromatic rings. The Morgan fingerprint density at radius 1 is 0.244 bits per heavy atom. The van der Waals surface area contributed by atoms with Gasteiger partial charge in [-0.15, -0.1) is 0 Å². The first-order valence-electron chi connectivity index (χ1n) is 30.8. The normalized spacial score (nSPS) is 13.3. The second-order valence-corrected chi connectivity index (χ2v) is 34.1. The predicted molar refractivity (Wildman–Crippen MR) is 360 cm³/mol. The molecule has 0 spiro atoms. The first kappa shape index (κ1) is 66.5. The minimum atomic E-state index is -1.72. The Kier molecular flexibility index (Phi) is 19.8. The molecule has 6 aromatic carbocycles. The first-order chi connectivity index (χ1) is 37.6. The van der Waals surface area contributed by atoms with Crippen molar-refractivity contribution in [2.24, 2.45) is 0 Å². The van der Waals surface area contributed by atoms with Crippen LogP contribution < -0.4 is 28.7 Å². The molecule has 0 aliphatic heterocycles. The maximum atomic E-state index is 7.72. The Morgan fingerprint density at radius 2 is 0.427 bits per heavy atom. The summed E-state index contributed by atoms with van der Waals surface area (Å²) in [6, 6.07) is 36.5. The van der Waals surface area contributed by atoms with Gasteiger partial charge in [-0.2, -0.15) is 0 Å². The standard InChI is InChI=1S/C76H108O4P2/c1-29-49-37-45-57(69(5,6)7)65(61(49)73(17,18)19)77-81(78-66-58(70(8,9)10)46-38-50(30-2)62(66)74(20,21)22)55-41-33-53(34-42-55)54-35-43-56(44-36-54)82(79-67-59(71(11,12)13)47-39-51(31-3)63(67)75(23,24)25)80-68-60(72(14,15)16)48-40-52(32-4)64(68)76(26,27)28/h33-48H,29-32H2,1-28H3. The molecule has 0 atom stereocenters. The van der Waals surface area contributed by atoms with Crippen LogP contribution in [0.5, 0.6) is 23.0 Å². The van der Waals surface area contributed by atoms with Gasteiger partial charge in [0.05, 0.1) is 10.6 Å². The van der Waals surface area contributed by atoms with Crippen LogP contribution in [0.2, 0.25) is 0 Å². The first-order valence-corrected chi connectivity index (χ1v) is 33.1. The average Bonchev–Trinajstić information content (AvgIpc) is 3.35. The molecule has 0 aliphatic carbocycles. The van der Waals surface area contributed by atoms with E-state index in [0.29, 0.717) is 0 Å². The molecular weight excluding hydrogens is 1040 g/mol. The Morgan fingerprint density at radius 3 is 0.573 bits per heavy atom. The lowest BCUT2D eigenvalue weighted by atomic mass is 9.77. The number of rotatable bonds is 15. The van der Waals surface area contributed by atoms with Crippen molar-refractivity contribution in [1.29, 1.82) is 0 Å².